The molecule has 2 aliphatic rings. The van der Waals surface area contributed by atoms with E-state index in [1.54, 1.807) is 12.0 Å². The first-order chi connectivity index (χ1) is 12.5. The summed E-state index contributed by atoms with van der Waals surface area (Å²) in [6.45, 7) is 4.27. The van der Waals surface area contributed by atoms with Gasteiger partial charge in [-0.05, 0) is 63.0 Å². The zero-order valence-corrected chi connectivity index (χ0v) is 15.4. The maximum Gasteiger partial charge on any atom is 0.240 e. The molecule has 0 bridgehead atoms. The predicted molar refractivity (Wildman–Crippen MR) is 97.0 cm³/mol. The second kappa shape index (κ2) is 7.88. The van der Waals surface area contributed by atoms with Gasteiger partial charge in [0.2, 0.25) is 5.91 Å². The Morgan fingerprint density at radius 1 is 1.27 bits per heavy atom. The van der Waals surface area contributed by atoms with E-state index in [1.165, 1.54) is 0 Å². The van der Waals surface area contributed by atoms with E-state index in [-0.39, 0.29) is 30.2 Å². The van der Waals surface area contributed by atoms with Crippen molar-refractivity contribution >= 4 is 11.7 Å². The maximum atomic E-state index is 12.8. The first kappa shape index (κ1) is 18.4. The lowest BCUT2D eigenvalue weighted by Gasteiger charge is -2.34. The second-order valence-electron chi connectivity index (χ2n) is 7.08. The molecule has 26 heavy (non-hydrogen) atoms. The molecule has 138 valence electrons. The summed E-state index contributed by atoms with van der Waals surface area (Å²) < 4.78 is 5.26. The van der Waals surface area contributed by atoms with Crippen molar-refractivity contribution in [1.29, 1.82) is 5.26 Å². The molecule has 1 aromatic carbocycles. The summed E-state index contributed by atoms with van der Waals surface area (Å²) in [5, 5.41) is 8.79. The van der Waals surface area contributed by atoms with Crippen LogP contribution in [-0.2, 0) is 4.79 Å². The van der Waals surface area contributed by atoms with E-state index in [0.717, 1.165) is 49.2 Å². The summed E-state index contributed by atoms with van der Waals surface area (Å²) >= 11 is 0. The number of carbonyl (C=O) groups is 2. The van der Waals surface area contributed by atoms with E-state index in [4.69, 9.17) is 10.00 Å². The van der Waals surface area contributed by atoms with Gasteiger partial charge in [-0.3, -0.25) is 14.5 Å². The third-order valence-electron chi connectivity index (χ3n) is 5.55. The number of piperidine rings is 1. The molecule has 0 aliphatic carbocycles. The van der Waals surface area contributed by atoms with Crippen LogP contribution in [0.15, 0.2) is 18.2 Å². The molecule has 2 aliphatic heterocycles. The fraction of sp³-hybridized carbons (Fsp3) is 0.550. The normalized spacial score (nSPS) is 21.7. The Bertz CT molecular complexity index is 732. The summed E-state index contributed by atoms with van der Waals surface area (Å²) in [7, 11) is 1.63. The predicted octanol–water partition coefficient (Wildman–Crippen LogP) is 2.02. The van der Waals surface area contributed by atoms with Crippen LogP contribution in [0.1, 0.15) is 35.2 Å². The monoisotopic (exact) mass is 355 g/mol. The summed E-state index contributed by atoms with van der Waals surface area (Å²) in [5.74, 6) is 1.03. The number of rotatable bonds is 5. The van der Waals surface area contributed by atoms with Gasteiger partial charge in [0.1, 0.15) is 12.3 Å². The fourth-order valence-corrected chi connectivity index (χ4v) is 4.04. The minimum atomic E-state index is -0.123. The molecule has 2 fully saturated rings. The number of nitriles is 1. The Morgan fingerprint density at radius 2 is 2.00 bits per heavy atom. The quantitative estimate of drug-likeness (QED) is 0.597. The van der Waals surface area contributed by atoms with Gasteiger partial charge in [-0.15, -0.1) is 0 Å². The number of carbonyl (C=O) groups excluding carboxylic acids is 2. The Morgan fingerprint density at radius 3 is 2.62 bits per heavy atom. The lowest BCUT2D eigenvalue weighted by Crippen LogP contribution is -2.46. The van der Waals surface area contributed by atoms with Crippen LogP contribution in [0.5, 0.6) is 5.75 Å². The van der Waals surface area contributed by atoms with Crippen molar-refractivity contribution in [2.45, 2.75) is 32.2 Å². The van der Waals surface area contributed by atoms with Gasteiger partial charge in [-0.1, -0.05) is 0 Å². The first-order valence-corrected chi connectivity index (χ1v) is 9.13. The van der Waals surface area contributed by atoms with Gasteiger partial charge < -0.3 is 9.64 Å². The molecule has 6 nitrogen and oxygen atoms in total. The number of hydrogen-bond donors (Lipinski definition) is 0. The average Bonchev–Trinajstić information content (AvgIpc) is 3.02. The number of likely N-dealkylation sites (tertiary alicyclic amines) is 2. The standard InChI is InChI=1S/C20H25N3O3/c1-14-13-16(3-4-18(14)26-2)19(24)15-5-9-22(10-6-15)17-7-11-23(12-8-21)20(17)25/h3-4,13,15,17H,5-7,9-12H2,1-2H3/t17-/m1/s1. The van der Waals surface area contributed by atoms with Crippen LogP contribution in [0.3, 0.4) is 0 Å². The lowest BCUT2D eigenvalue weighted by molar-refractivity contribution is -0.132. The summed E-state index contributed by atoms with van der Waals surface area (Å²) in [4.78, 5) is 29.0. The van der Waals surface area contributed by atoms with Gasteiger partial charge in [0.25, 0.3) is 0 Å². The highest BCUT2D eigenvalue weighted by Gasteiger charge is 2.38. The highest BCUT2D eigenvalue weighted by molar-refractivity contribution is 5.98. The summed E-state index contributed by atoms with van der Waals surface area (Å²) in [5.41, 5.74) is 1.70. The van der Waals surface area contributed by atoms with Gasteiger partial charge in [-0.2, -0.15) is 5.26 Å². The molecule has 0 radical (unpaired) electrons. The van der Waals surface area contributed by atoms with Crippen molar-refractivity contribution in [3.63, 3.8) is 0 Å². The van der Waals surface area contributed by atoms with E-state index >= 15 is 0 Å². The van der Waals surface area contributed by atoms with Crippen molar-refractivity contribution in [1.82, 2.24) is 9.80 Å². The van der Waals surface area contributed by atoms with Crippen molar-refractivity contribution < 1.29 is 14.3 Å². The number of ether oxygens (including phenoxy) is 1. The third-order valence-corrected chi connectivity index (χ3v) is 5.55. The molecule has 2 heterocycles. The van der Waals surface area contributed by atoms with Gasteiger partial charge >= 0.3 is 0 Å². The SMILES string of the molecule is COc1ccc(C(=O)C2CCN([C@@H]3CCN(CC#N)C3=O)CC2)cc1C. The van der Waals surface area contributed by atoms with Gasteiger partial charge in [0, 0.05) is 18.0 Å². The highest BCUT2D eigenvalue weighted by Crippen LogP contribution is 2.28. The number of methoxy groups -OCH3 is 1. The second-order valence-corrected chi connectivity index (χ2v) is 7.08. The maximum absolute atomic E-state index is 12.8. The topological polar surface area (TPSA) is 73.6 Å². The van der Waals surface area contributed by atoms with Crippen LogP contribution in [0, 0.1) is 24.2 Å². The van der Waals surface area contributed by atoms with Crippen molar-refractivity contribution in [2.75, 3.05) is 33.3 Å². The van der Waals surface area contributed by atoms with Gasteiger partial charge in [0.15, 0.2) is 5.78 Å². The zero-order valence-electron chi connectivity index (χ0n) is 15.4. The summed E-state index contributed by atoms with van der Waals surface area (Å²) in [6.07, 6.45) is 2.31. The Balaban J connectivity index is 1.58. The van der Waals surface area contributed by atoms with E-state index in [0.29, 0.717) is 6.54 Å². The average molecular weight is 355 g/mol. The van der Waals surface area contributed by atoms with Crippen molar-refractivity contribution in [3.05, 3.63) is 29.3 Å². The van der Waals surface area contributed by atoms with Crippen LogP contribution >= 0.6 is 0 Å². The molecule has 6 heteroatoms. The van der Waals surface area contributed by atoms with Crippen molar-refractivity contribution in [3.8, 4) is 11.8 Å². The van der Waals surface area contributed by atoms with Crippen LogP contribution in [-0.4, -0.2) is 60.8 Å². The molecule has 1 aromatic rings. The van der Waals surface area contributed by atoms with Crippen LogP contribution < -0.4 is 4.74 Å². The lowest BCUT2D eigenvalue weighted by atomic mass is 9.87. The smallest absolute Gasteiger partial charge is 0.240 e. The number of amides is 1. The molecule has 0 spiro atoms. The van der Waals surface area contributed by atoms with Crippen LogP contribution in [0.25, 0.3) is 0 Å². The number of ketones is 1. The van der Waals surface area contributed by atoms with E-state index in [9.17, 15) is 9.59 Å². The summed E-state index contributed by atoms with van der Waals surface area (Å²) in [6, 6.07) is 7.50. The zero-order chi connectivity index (χ0) is 18.7. The Hall–Kier alpha value is -2.39. The number of aryl methyl sites for hydroxylation is 1. The molecule has 1 amide bonds. The number of nitrogens with zero attached hydrogens (tertiary/aromatic N) is 3. The number of benzene rings is 1. The van der Waals surface area contributed by atoms with Gasteiger partial charge in [0.05, 0.1) is 19.2 Å². The molecule has 2 saturated heterocycles. The Labute approximate surface area is 154 Å². The number of hydrogen-bond acceptors (Lipinski definition) is 5. The number of Topliss-reactive ketones (excluding diaryl/α,β-unsaturated/α-hetero) is 1. The molecular formula is C20H25N3O3. The highest BCUT2D eigenvalue weighted by atomic mass is 16.5. The van der Waals surface area contributed by atoms with E-state index in [2.05, 4.69) is 4.90 Å². The first-order valence-electron chi connectivity index (χ1n) is 9.13. The molecule has 1 atom stereocenters. The van der Waals surface area contributed by atoms with Crippen LogP contribution in [0.4, 0.5) is 0 Å². The largest absolute Gasteiger partial charge is 0.496 e. The Kier molecular flexibility index (Phi) is 5.58. The minimum absolute atomic E-state index is 0.00533. The molecule has 0 saturated carbocycles. The van der Waals surface area contributed by atoms with E-state index < -0.39 is 0 Å². The van der Waals surface area contributed by atoms with Crippen LogP contribution in [0.2, 0.25) is 0 Å². The van der Waals surface area contributed by atoms with Gasteiger partial charge in [-0.25, -0.2) is 0 Å². The van der Waals surface area contributed by atoms with E-state index in [1.807, 2.05) is 31.2 Å². The molecule has 0 unspecified atom stereocenters. The fourth-order valence-electron chi connectivity index (χ4n) is 4.04. The molecular weight excluding hydrogens is 330 g/mol. The minimum Gasteiger partial charge on any atom is -0.496 e. The molecule has 0 N–H and O–H groups in total. The van der Waals surface area contributed by atoms with Crippen molar-refractivity contribution in [2.24, 2.45) is 5.92 Å². The third kappa shape index (κ3) is 3.58. The molecule has 3 rings (SSSR count). The molecule has 0 aromatic heterocycles.